The van der Waals surface area contributed by atoms with Crippen LogP contribution in [0.15, 0.2) is 60.7 Å². The van der Waals surface area contributed by atoms with Gasteiger partial charge in [-0.3, -0.25) is 9.59 Å². The maximum Gasteiger partial charge on any atom is 0.308 e. The Morgan fingerprint density at radius 2 is 1.30 bits per heavy atom. The second-order valence-electron chi connectivity index (χ2n) is 5.68. The Hall–Kier alpha value is -2.62. The molecule has 4 nitrogen and oxygen atoms in total. The van der Waals surface area contributed by atoms with Crippen molar-refractivity contribution in [3.63, 3.8) is 0 Å². The maximum atomic E-state index is 12.8. The van der Waals surface area contributed by atoms with Gasteiger partial charge in [-0.25, -0.2) is 0 Å². The summed E-state index contributed by atoms with van der Waals surface area (Å²) in [6.45, 7) is 3.30. The van der Waals surface area contributed by atoms with Crippen LogP contribution >= 0.6 is 0 Å². The van der Waals surface area contributed by atoms with Gasteiger partial charge in [-0.05, 0) is 25.0 Å². The lowest BCUT2D eigenvalue weighted by molar-refractivity contribution is -0.142. The highest BCUT2D eigenvalue weighted by Gasteiger charge is 2.27. The number of carboxylic acid groups (broad SMARTS) is 1. The van der Waals surface area contributed by atoms with Crippen LogP contribution in [0.3, 0.4) is 0 Å². The van der Waals surface area contributed by atoms with E-state index in [0.29, 0.717) is 0 Å². The number of rotatable bonds is 6. The number of hydrogen-bond acceptors (Lipinski definition) is 2. The lowest BCUT2D eigenvalue weighted by Crippen LogP contribution is -2.42. The molecule has 23 heavy (non-hydrogen) atoms. The molecule has 4 heteroatoms. The monoisotopic (exact) mass is 311 g/mol. The largest absolute Gasteiger partial charge is 0.481 e. The minimum absolute atomic E-state index is 0.192. The molecule has 0 aliphatic rings. The Balaban J connectivity index is 2.28. The summed E-state index contributed by atoms with van der Waals surface area (Å²) in [5, 5.41) is 11.9. The third kappa shape index (κ3) is 4.19. The molecule has 0 saturated carbocycles. The predicted octanol–water partition coefficient (Wildman–Crippen LogP) is 3.04. The van der Waals surface area contributed by atoms with E-state index >= 15 is 0 Å². The van der Waals surface area contributed by atoms with E-state index in [0.717, 1.165) is 11.1 Å². The summed E-state index contributed by atoms with van der Waals surface area (Å²) in [6, 6.07) is 18.5. The second kappa shape index (κ2) is 7.58. The number of hydrogen-bond donors (Lipinski definition) is 2. The molecule has 0 saturated heterocycles. The summed E-state index contributed by atoms with van der Waals surface area (Å²) in [5.41, 5.74) is 1.76. The number of carbonyl (C=O) groups is 2. The van der Waals surface area contributed by atoms with Crippen LogP contribution in [0.4, 0.5) is 0 Å². The lowest BCUT2D eigenvalue weighted by Gasteiger charge is -2.23. The standard InChI is InChI=1S/C19H21NO3/c1-13(19(22)23)14(2)20-18(21)17(15-9-5-3-6-10-15)16-11-7-4-8-12-16/h3-14,17H,1-2H3,(H,20,21)(H,22,23). The zero-order chi connectivity index (χ0) is 16.8. The Bertz CT molecular complexity index is 615. The molecule has 2 aromatic rings. The van der Waals surface area contributed by atoms with Crippen molar-refractivity contribution >= 4 is 11.9 Å². The molecule has 0 fully saturated rings. The van der Waals surface area contributed by atoms with E-state index in [1.807, 2.05) is 60.7 Å². The molecule has 0 aliphatic carbocycles. The molecule has 0 radical (unpaired) electrons. The van der Waals surface area contributed by atoms with Gasteiger partial charge in [0.25, 0.3) is 0 Å². The Kier molecular flexibility index (Phi) is 5.52. The van der Waals surface area contributed by atoms with Crippen molar-refractivity contribution in [2.24, 2.45) is 5.92 Å². The van der Waals surface area contributed by atoms with Crippen LogP contribution in [0.1, 0.15) is 30.9 Å². The molecule has 0 aliphatic heterocycles. The average molecular weight is 311 g/mol. The first-order valence-electron chi connectivity index (χ1n) is 7.63. The highest BCUT2D eigenvalue weighted by atomic mass is 16.4. The van der Waals surface area contributed by atoms with Gasteiger partial charge in [-0.2, -0.15) is 0 Å². The summed E-state index contributed by atoms with van der Waals surface area (Å²) in [6.07, 6.45) is 0. The van der Waals surface area contributed by atoms with Gasteiger partial charge < -0.3 is 10.4 Å². The second-order valence-corrected chi connectivity index (χ2v) is 5.68. The first-order chi connectivity index (χ1) is 11.0. The predicted molar refractivity (Wildman–Crippen MR) is 89.1 cm³/mol. The summed E-state index contributed by atoms with van der Waals surface area (Å²) in [4.78, 5) is 23.9. The van der Waals surface area contributed by atoms with Crippen LogP contribution in [-0.2, 0) is 9.59 Å². The van der Waals surface area contributed by atoms with Crippen molar-refractivity contribution in [3.05, 3.63) is 71.8 Å². The molecule has 0 bridgehead atoms. The molecule has 0 aromatic heterocycles. The molecule has 2 N–H and O–H groups in total. The molecule has 2 atom stereocenters. The summed E-state index contributed by atoms with van der Waals surface area (Å²) < 4.78 is 0. The minimum atomic E-state index is -0.922. The third-order valence-electron chi connectivity index (χ3n) is 4.04. The summed E-state index contributed by atoms with van der Waals surface area (Å²) in [5.74, 6) is -2.22. The zero-order valence-electron chi connectivity index (χ0n) is 13.3. The van der Waals surface area contributed by atoms with Crippen LogP contribution in [0.25, 0.3) is 0 Å². The first kappa shape index (κ1) is 16.7. The van der Waals surface area contributed by atoms with Crippen molar-refractivity contribution in [1.29, 1.82) is 0 Å². The fourth-order valence-electron chi connectivity index (χ4n) is 2.43. The minimum Gasteiger partial charge on any atom is -0.481 e. The van der Waals surface area contributed by atoms with Gasteiger partial charge in [-0.1, -0.05) is 60.7 Å². The topological polar surface area (TPSA) is 66.4 Å². The zero-order valence-corrected chi connectivity index (χ0v) is 13.3. The van der Waals surface area contributed by atoms with E-state index in [1.165, 1.54) is 0 Å². The number of aliphatic carboxylic acids is 1. The molecule has 2 unspecified atom stereocenters. The fraction of sp³-hybridized carbons (Fsp3) is 0.263. The van der Waals surface area contributed by atoms with Crippen molar-refractivity contribution in [3.8, 4) is 0 Å². The van der Waals surface area contributed by atoms with Gasteiger partial charge in [-0.15, -0.1) is 0 Å². The van der Waals surface area contributed by atoms with E-state index in [2.05, 4.69) is 5.32 Å². The van der Waals surface area contributed by atoms with Gasteiger partial charge in [0, 0.05) is 6.04 Å². The van der Waals surface area contributed by atoms with Gasteiger partial charge in [0.1, 0.15) is 0 Å². The molecular weight excluding hydrogens is 290 g/mol. The quantitative estimate of drug-likeness (QED) is 0.861. The number of carboxylic acids is 1. The first-order valence-corrected chi connectivity index (χ1v) is 7.63. The summed E-state index contributed by atoms with van der Waals surface area (Å²) >= 11 is 0. The number of benzene rings is 2. The smallest absolute Gasteiger partial charge is 0.308 e. The number of nitrogens with one attached hydrogen (secondary N) is 1. The molecular formula is C19H21NO3. The van der Waals surface area contributed by atoms with Crippen LogP contribution in [-0.4, -0.2) is 23.0 Å². The molecule has 2 aromatic carbocycles. The van der Waals surface area contributed by atoms with E-state index in [4.69, 9.17) is 5.11 Å². The third-order valence-corrected chi connectivity index (χ3v) is 4.04. The van der Waals surface area contributed by atoms with Crippen molar-refractivity contribution < 1.29 is 14.7 Å². The van der Waals surface area contributed by atoms with E-state index in [-0.39, 0.29) is 5.91 Å². The van der Waals surface area contributed by atoms with Gasteiger partial charge in [0.15, 0.2) is 0 Å². The number of amides is 1. The van der Waals surface area contributed by atoms with Gasteiger partial charge >= 0.3 is 5.97 Å². The number of carbonyl (C=O) groups excluding carboxylic acids is 1. The lowest BCUT2D eigenvalue weighted by atomic mass is 9.90. The molecule has 1 amide bonds. The Labute approximate surface area is 136 Å². The average Bonchev–Trinajstić information content (AvgIpc) is 2.56. The highest BCUT2D eigenvalue weighted by Crippen LogP contribution is 2.25. The van der Waals surface area contributed by atoms with Crippen molar-refractivity contribution in [2.75, 3.05) is 0 Å². The van der Waals surface area contributed by atoms with Crippen molar-refractivity contribution in [2.45, 2.75) is 25.8 Å². The van der Waals surface area contributed by atoms with Gasteiger partial charge in [0.05, 0.1) is 11.8 Å². The normalized spacial score (nSPS) is 13.3. The maximum absolute atomic E-state index is 12.8. The highest BCUT2D eigenvalue weighted by molar-refractivity contribution is 5.87. The SMILES string of the molecule is CC(NC(=O)C(c1ccccc1)c1ccccc1)C(C)C(=O)O. The van der Waals surface area contributed by atoms with E-state index < -0.39 is 23.8 Å². The Morgan fingerprint density at radius 1 is 0.870 bits per heavy atom. The Morgan fingerprint density at radius 3 is 1.70 bits per heavy atom. The van der Waals surface area contributed by atoms with E-state index in [1.54, 1.807) is 13.8 Å². The molecule has 0 spiro atoms. The van der Waals surface area contributed by atoms with Crippen LogP contribution in [0, 0.1) is 5.92 Å². The van der Waals surface area contributed by atoms with Crippen LogP contribution in [0.5, 0.6) is 0 Å². The van der Waals surface area contributed by atoms with Crippen molar-refractivity contribution in [1.82, 2.24) is 5.32 Å². The molecule has 120 valence electrons. The van der Waals surface area contributed by atoms with Crippen LogP contribution < -0.4 is 5.32 Å². The van der Waals surface area contributed by atoms with E-state index in [9.17, 15) is 9.59 Å². The van der Waals surface area contributed by atoms with Gasteiger partial charge in [0.2, 0.25) is 5.91 Å². The molecule has 0 heterocycles. The summed E-state index contributed by atoms with van der Waals surface area (Å²) in [7, 11) is 0. The van der Waals surface area contributed by atoms with Crippen LogP contribution in [0.2, 0.25) is 0 Å². The molecule has 2 rings (SSSR count). The fourth-order valence-corrected chi connectivity index (χ4v) is 2.43.